The standard InChI is InChI=1S/C8H10N2Si/c1-11(2)6-3-8-7-9-4-5-10-8/h4-5,7,11H,1-2H3. The zero-order valence-corrected chi connectivity index (χ0v) is 7.86. The number of hydrogen-bond acceptors (Lipinski definition) is 2. The Hall–Kier alpha value is -1.14. The number of aromatic nitrogens is 2. The lowest BCUT2D eigenvalue weighted by atomic mass is 10.5. The molecule has 0 aromatic carbocycles. The lowest BCUT2D eigenvalue weighted by Gasteiger charge is -1.86. The van der Waals surface area contributed by atoms with Crippen LogP contribution in [0.4, 0.5) is 0 Å². The van der Waals surface area contributed by atoms with E-state index in [4.69, 9.17) is 0 Å². The number of rotatable bonds is 0. The monoisotopic (exact) mass is 162 g/mol. The molecule has 0 aliphatic carbocycles. The molecule has 0 unspecified atom stereocenters. The first kappa shape index (κ1) is 7.96. The zero-order chi connectivity index (χ0) is 8.10. The van der Waals surface area contributed by atoms with Crippen LogP contribution in [-0.2, 0) is 0 Å². The molecular weight excluding hydrogens is 152 g/mol. The molecular formula is C8H10N2Si. The molecule has 0 aliphatic rings. The Morgan fingerprint density at radius 2 is 2.18 bits per heavy atom. The molecule has 0 spiro atoms. The van der Waals surface area contributed by atoms with Crippen LogP contribution in [0.25, 0.3) is 0 Å². The van der Waals surface area contributed by atoms with Crippen LogP contribution in [0.2, 0.25) is 13.1 Å². The maximum atomic E-state index is 4.04. The molecule has 0 atom stereocenters. The second-order valence-electron chi connectivity index (χ2n) is 2.51. The SMILES string of the molecule is C[SiH](C)C#Cc1cnccn1. The fourth-order valence-electron chi connectivity index (χ4n) is 0.582. The first-order valence-electron chi connectivity index (χ1n) is 3.56. The summed E-state index contributed by atoms with van der Waals surface area (Å²) in [6.45, 7) is 4.37. The van der Waals surface area contributed by atoms with Crippen LogP contribution in [0.5, 0.6) is 0 Å². The van der Waals surface area contributed by atoms with E-state index in [1.54, 1.807) is 18.6 Å². The van der Waals surface area contributed by atoms with E-state index >= 15 is 0 Å². The van der Waals surface area contributed by atoms with Crippen LogP contribution in [0, 0.1) is 11.5 Å². The van der Waals surface area contributed by atoms with Gasteiger partial charge in [-0.2, -0.15) is 0 Å². The molecule has 0 bridgehead atoms. The van der Waals surface area contributed by atoms with E-state index in [-0.39, 0.29) is 0 Å². The quantitative estimate of drug-likeness (QED) is 0.417. The van der Waals surface area contributed by atoms with Crippen molar-refractivity contribution in [2.75, 3.05) is 0 Å². The number of hydrogen-bond donors (Lipinski definition) is 0. The maximum absolute atomic E-state index is 4.04. The normalized spacial score (nSPS) is 9.00. The summed E-state index contributed by atoms with van der Waals surface area (Å²) in [5, 5.41) is 0. The van der Waals surface area contributed by atoms with Crippen molar-refractivity contribution in [1.29, 1.82) is 0 Å². The minimum Gasteiger partial charge on any atom is -0.260 e. The van der Waals surface area contributed by atoms with Crippen molar-refractivity contribution in [2.45, 2.75) is 13.1 Å². The molecule has 11 heavy (non-hydrogen) atoms. The van der Waals surface area contributed by atoms with Gasteiger partial charge in [0, 0.05) is 12.4 Å². The Morgan fingerprint density at radius 3 is 2.73 bits per heavy atom. The molecule has 1 aromatic rings. The molecule has 0 aliphatic heterocycles. The Bertz CT molecular complexity index is 271. The molecule has 0 N–H and O–H groups in total. The van der Waals surface area contributed by atoms with Crippen LogP contribution in [0.3, 0.4) is 0 Å². The van der Waals surface area contributed by atoms with Crippen LogP contribution in [0.1, 0.15) is 5.69 Å². The number of nitrogens with zero attached hydrogens (tertiary/aromatic N) is 2. The molecule has 56 valence electrons. The van der Waals surface area contributed by atoms with Gasteiger partial charge in [-0.25, -0.2) is 4.98 Å². The van der Waals surface area contributed by atoms with Crippen molar-refractivity contribution in [3.05, 3.63) is 24.3 Å². The van der Waals surface area contributed by atoms with Gasteiger partial charge >= 0.3 is 0 Å². The summed E-state index contributed by atoms with van der Waals surface area (Å²) < 4.78 is 0. The topological polar surface area (TPSA) is 25.8 Å². The minimum absolute atomic E-state index is 0.769. The van der Waals surface area contributed by atoms with Gasteiger partial charge in [0.2, 0.25) is 0 Å². The highest BCUT2D eigenvalue weighted by molar-refractivity contribution is 6.64. The third-order valence-corrected chi connectivity index (χ3v) is 1.77. The fourth-order valence-corrected chi connectivity index (χ4v) is 1.02. The predicted molar refractivity (Wildman–Crippen MR) is 47.8 cm³/mol. The third kappa shape index (κ3) is 2.96. The van der Waals surface area contributed by atoms with Crippen molar-refractivity contribution in [1.82, 2.24) is 9.97 Å². The summed E-state index contributed by atoms with van der Waals surface area (Å²) in [7, 11) is -0.769. The van der Waals surface area contributed by atoms with Gasteiger partial charge in [-0.3, -0.25) is 4.98 Å². The highest BCUT2D eigenvalue weighted by atomic mass is 28.3. The van der Waals surface area contributed by atoms with Gasteiger partial charge in [-0.15, -0.1) is 5.54 Å². The zero-order valence-electron chi connectivity index (χ0n) is 6.70. The lowest BCUT2D eigenvalue weighted by Crippen LogP contribution is -1.94. The first-order valence-corrected chi connectivity index (χ1v) is 6.45. The lowest BCUT2D eigenvalue weighted by molar-refractivity contribution is 1.17. The van der Waals surface area contributed by atoms with Crippen molar-refractivity contribution in [2.24, 2.45) is 0 Å². The minimum atomic E-state index is -0.769. The average Bonchev–Trinajstić information content (AvgIpc) is 2.03. The molecule has 1 heterocycles. The highest BCUT2D eigenvalue weighted by Crippen LogP contribution is 1.85. The van der Waals surface area contributed by atoms with E-state index in [0.29, 0.717) is 0 Å². The van der Waals surface area contributed by atoms with Crippen molar-refractivity contribution < 1.29 is 0 Å². The second kappa shape index (κ2) is 3.89. The summed E-state index contributed by atoms with van der Waals surface area (Å²) in [4.78, 5) is 7.95. The molecule has 0 saturated carbocycles. The molecule has 3 heteroatoms. The predicted octanol–water partition coefficient (Wildman–Crippen LogP) is 0.854. The van der Waals surface area contributed by atoms with E-state index in [0.717, 1.165) is 5.69 Å². The molecule has 0 amide bonds. The van der Waals surface area contributed by atoms with E-state index in [1.807, 2.05) is 0 Å². The van der Waals surface area contributed by atoms with E-state index < -0.39 is 8.80 Å². The van der Waals surface area contributed by atoms with Gasteiger partial charge in [0.25, 0.3) is 0 Å². The fraction of sp³-hybridized carbons (Fsp3) is 0.250. The van der Waals surface area contributed by atoms with Crippen molar-refractivity contribution in [3.8, 4) is 11.5 Å². The summed E-state index contributed by atoms with van der Waals surface area (Å²) in [5.74, 6) is 2.98. The summed E-state index contributed by atoms with van der Waals surface area (Å²) in [6, 6.07) is 0. The average molecular weight is 162 g/mol. The van der Waals surface area contributed by atoms with E-state index in [2.05, 4.69) is 34.5 Å². The Morgan fingerprint density at radius 1 is 1.36 bits per heavy atom. The van der Waals surface area contributed by atoms with Crippen LogP contribution in [-0.4, -0.2) is 18.8 Å². The van der Waals surface area contributed by atoms with Crippen molar-refractivity contribution >= 4 is 8.80 Å². The molecule has 0 fully saturated rings. The Balaban J connectivity index is 2.75. The maximum Gasteiger partial charge on any atom is 0.130 e. The Kier molecular flexibility index (Phi) is 2.81. The van der Waals surface area contributed by atoms with Crippen LogP contribution < -0.4 is 0 Å². The van der Waals surface area contributed by atoms with Gasteiger partial charge in [-0.1, -0.05) is 19.0 Å². The molecule has 0 saturated heterocycles. The van der Waals surface area contributed by atoms with E-state index in [9.17, 15) is 0 Å². The molecule has 1 rings (SSSR count). The van der Waals surface area contributed by atoms with Gasteiger partial charge < -0.3 is 0 Å². The van der Waals surface area contributed by atoms with E-state index in [1.165, 1.54) is 0 Å². The summed E-state index contributed by atoms with van der Waals surface area (Å²) >= 11 is 0. The molecule has 0 radical (unpaired) electrons. The van der Waals surface area contributed by atoms with Crippen molar-refractivity contribution in [3.63, 3.8) is 0 Å². The molecule has 2 nitrogen and oxygen atoms in total. The largest absolute Gasteiger partial charge is 0.260 e. The smallest absolute Gasteiger partial charge is 0.130 e. The van der Waals surface area contributed by atoms with Crippen LogP contribution in [0.15, 0.2) is 18.6 Å². The van der Waals surface area contributed by atoms with Gasteiger partial charge in [0.05, 0.1) is 6.20 Å². The second-order valence-corrected chi connectivity index (χ2v) is 5.11. The highest BCUT2D eigenvalue weighted by Gasteiger charge is 1.86. The Labute approximate surface area is 68.3 Å². The van der Waals surface area contributed by atoms with Gasteiger partial charge in [0.15, 0.2) is 0 Å². The molecule has 1 aromatic heterocycles. The summed E-state index contributed by atoms with van der Waals surface area (Å²) in [6.07, 6.45) is 4.99. The third-order valence-electron chi connectivity index (χ3n) is 1.05. The van der Waals surface area contributed by atoms with Gasteiger partial charge in [0.1, 0.15) is 14.5 Å². The summed E-state index contributed by atoms with van der Waals surface area (Å²) in [5.41, 5.74) is 3.92. The first-order chi connectivity index (χ1) is 5.29. The van der Waals surface area contributed by atoms with Crippen LogP contribution >= 0.6 is 0 Å². The van der Waals surface area contributed by atoms with Gasteiger partial charge in [-0.05, 0) is 0 Å².